The molecule has 1 aromatic carbocycles. The van der Waals surface area contributed by atoms with Crippen molar-refractivity contribution in [2.24, 2.45) is 14.1 Å². The molecule has 2 aromatic rings. The van der Waals surface area contributed by atoms with E-state index in [1.165, 1.54) is 0 Å². The van der Waals surface area contributed by atoms with Crippen LogP contribution in [0.15, 0.2) is 23.0 Å². The molecule has 0 bridgehead atoms. The zero-order chi connectivity index (χ0) is 14.9. The Morgan fingerprint density at radius 1 is 1.15 bits per heavy atom. The molecule has 1 heterocycles. The third-order valence-electron chi connectivity index (χ3n) is 3.31. The lowest BCUT2D eigenvalue weighted by Gasteiger charge is -2.06. The number of aromatic nitrogens is 2. The van der Waals surface area contributed by atoms with Crippen LogP contribution in [0.25, 0.3) is 11.0 Å². The first kappa shape index (κ1) is 14.8. The lowest BCUT2D eigenvalue weighted by molar-refractivity contribution is 0.580. The highest BCUT2D eigenvalue weighted by Gasteiger charge is 2.10. The number of hydrogen-bond donors (Lipinski definition) is 1. The number of aryl methyl sites for hydroxylation is 2. The van der Waals surface area contributed by atoms with Crippen LogP contribution in [-0.2, 0) is 30.7 Å². The number of fused-ring (bicyclic) bond motifs is 1. The van der Waals surface area contributed by atoms with Gasteiger partial charge in [0.15, 0.2) is 0 Å². The molecule has 0 aliphatic carbocycles. The summed E-state index contributed by atoms with van der Waals surface area (Å²) in [6.45, 7) is 2.06. The van der Waals surface area contributed by atoms with Crippen molar-refractivity contribution in [3.63, 3.8) is 0 Å². The summed E-state index contributed by atoms with van der Waals surface area (Å²) >= 11 is 0. The molecule has 0 radical (unpaired) electrons. The molecule has 7 heteroatoms. The van der Waals surface area contributed by atoms with Crippen LogP contribution in [0.4, 0.5) is 0 Å². The van der Waals surface area contributed by atoms with E-state index in [0.29, 0.717) is 6.42 Å². The topological polar surface area (TPSA) is 73.1 Å². The first-order valence-electron chi connectivity index (χ1n) is 6.47. The zero-order valence-corrected chi connectivity index (χ0v) is 12.7. The van der Waals surface area contributed by atoms with Crippen molar-refractivity contribution < 1.29 is 8.42 Å². The summed E-state index contributed by atoms with van der Waals surface area (Å²) < 4.78 is 28.9. The molecular formula is C13H19N3O3S. The van der Waals surface area contributed by atoms with Crippen molar-refractivity contribution in [1.29, 1.82) is 0 Å². The monoisotopic (exact) mass is 297 g/mol. The maximum atomic E-state index is 11.8. The lowest BCUT2D eigenvalue weighted by atomic mass is 10.2. The molecule has 0 spiro atoms. The van der Waals surface area contributed by atoms with Gasteiger partial charge in [0, 0.05) is 20.6 Å². The van der Waals surface area contributed by atoms with E-state index >= 15 is 0 Å². The Hall–Kier alpha value is -1.60. The number of imidazole rings is 1. The van der Waals surface area contributed by atoms with Crippen LogP contribution in [0.5, 0.6) is 0 Å². The minimum atomic E-state index is -3.22. The average Bonchev–Trinajstić information content (AvgIpc) is 2.62. The van der Waals surface area contributed by atoms with Crippen LogP contribution in [0.3, 0.4) is 0 Å². The summed E-state index contributed by atoms with van der Waals surface area (Å²) in [5.41, 5.74) is 2.37. The highest BCUT2D eigenvalue weighted by atomic mass is 32.2. The van der Waals surface area contributed by atoms with Crippen molar-refractivity contribution in [2.75, 3.05) is 5.75 Å². The van der Waals surface area contributed by atoms with Gasteiger partial charge in [-0.15, -0.1) is 0 Å². The summed E-state index contributed by atoms with van der Waals surface area (Å²) in [5, 5.41) is 0. The summed E-state index contributed by atoms with van der Waals surface area (Å²) in [7, 11) is 0.201. The van der Waals surface area contributed by atoms with Crippen LogP contribution < -0.4 is 10.4 Å². The number of sulfonamides is 1. The van der Waals surface area contributed by atoms with Crippen LogP contribution in [0.1, 0.15) is 18.9 Å². The first-order valence-corrected chi connectivity index (χ1v) is 8.12. The Bertz CT molecular complexity index is 787. The molecule has 0 aliphatic heterocycles. The molecule has 20 heavy (non-hydrogen) atoms. The molecule has 0 saturated carbocycles. The van der Waals surface area contributed by atoms with Gasteiger partial charge in [-0.3, -0.25) is 9.13 Å². The van der Waals surface area contributed by atoms with Crippen LogP contribution in [-0.4, -0.2) is 23.3 Å². The molecule has 0 aliphatic rings. The Morgan fingerprint density at radius 3 is 2.45 bits per heavy atom. The van der Waals surface area contributed by atoms with E-state index in [1.807, 2.05) is 25.1 Å². The van der Waals surface area contributed by atoms with Crippen molar-refractivity contribution in [3.05, 3.63) is 34.2 Å². The van der Waals surface area contributed by atoms with Crippen molar-refractivity contribution in [1.82, 2.24) is 13.9 Å². The summed E-state index contributed by atoms with van der Waals surface area (Å²) in [6.07, 6.45) is 0.585. The quantitative estimate of drug-likeness (QED) is 0.883. The molecule has 1 aromatic heterocycles. The SMILES string of the molecule is CCCS(=O)(=O)NCc1ccc2c(c1)n(C)c(=O)n2C. The van der Waals surface area contributed by atoms with Gasteiger partial charge in [-0.2, -0.15) is 0 Å². The van der Waals surface area contributed by atoms with E-state index in [-0.39, 0.29) is 18.0 Å². The molecule has 0 amide bonds. The van der Waals surface area contributed by atoms with Gasteiger partial charge in [0.05, 0.1) is 16.8 Å². The van der Waals surface area contributed by atoms with E-state index in [0.717, 1.165) is 16.6 Å². The molecular weight excluding hydrogens is 278 g/mol. The predicted octanol–water partition coefficient (Wildman–Crippen LogP) is 0.706. The maximum absolute atomic E-state index is 11.8. The van der Waals surface area contributed by atoms with Gasteiger partial charge in [-0.1, -0.05) is 13.0 Å². The number of rotatable bonds is 5. The second-order valence-corrected chi connectivity index (χ2v) is 6.79. The largest absolute Gasteiger partial charge is 0.328 e. The van der Waals surface area contributed by atoms with Gasteiger partial charge in [0.1, 0.15) is 0 Å². The first-order chi connectivity index (χ1) is 9.35. The molecule has 0 unspecified atom stereocenters. The van der Waals surface area contributed by atoms with Gasteiger partial charge in [-0.25, -0.2) is 17.9 Å². The van der Waals surface area contributed by atoms with E-state index in [4.69, 9.17) is 0 Å². The minimum absolute atomic E-state index is 0.0938. The fourth-order valence-corrected chi connectivity index (χ4v) is 3.26. The van der Waals surface area contributed by atoms with Crippen LogP contribution >= 0.6 is 0 Å². The second kappa shape index (κ2) is 5.41. The van der Waals surface area contributed by atoms with Crippen LogP contribution in [0.2, 0.25) is 0 Å². The molecule has 6 nitrogen and oxygen atoms in total. The molecule has 1 N–H and O–H groups in total. The highest BCUT2D eigenvalue weighted by molar-refractivity contribution is 7.89. The summed E-state index contributed by atoms with van der Waals surface area (Å²) in [4.78, 5) is 11.8. The van der Waals surface area contributed by atoms with E-state index in [1.54, 1.807) is 23.2 Å². The van der Waals surface area contributed by atoms with Gasteiger partial charge >= 0.3 is 5.69 Å². The fraction of sp³-hybridized carbons (Fsp3) is 0.462. The lowest BCUT2D eigenvalue weighted by Crippen LogP contribution is -2.25. The Morgan fingerprint density at radius 2 is 1.80 bits per heavy atom. The normalized spacial score (nSPS) is 12.2. The summed E-state index contributed by atoms with van der Waals surface area (Å²) in [6, 6.07) is 5.50. The Kier molecular flexibility index (Phi) is 4.01. The Balaban J connectivity index is 2.29. The molecule has 0 saturated heterocycles. The van der Waals surface area contributed by atoms with Crippen molar-refractivity contribution in [3.8, 4) is 0 Å². The zero-order valence-electron chi connectivity index (χ0n) is 11.9. The van der Waals surface area contributed by atoms with Gasteiger partial charge in [-0.05, 0) is 24.1 Å². The van der Waals surface area contributed by atoms with Crippen molar-refractivity contribution in [2.45, 2.75) is 19.9 Å². The number of nitrogens with zero attached hydrogens (tertiary/aromatic N) is 2. The number of nitrogens with one attached hydrogen (secondary N) is 1. The average molecular weight is 297 g/mol. The third kappa shape index (κ3) is 2.78. The maximum Gasteiger partial charge on any atom is 0.328 e. The predicted molar refractivity (Wildman–Crippen MR) is 79.1 cm³/mol. The van der Waals surface area contributed by atoms with Crippen LogP contribution in [0, 0.1) is 0 Å². The molecule has 0 fully saturated rings. The molecule has 2 rings (SSSR count). The molecule has 0 atom stereocenters. The van der Waals surface area contributed by atoms with Gasteiger partial charge in [0.2, 0.25) is 10.0 Å². The third-order valence-corrected chi connectivity index (χ3v) is 4.84. The smallest absolute Gasteiger partial charge is 0.295 e. The highest BCUT2D eigenvalue weighted by Crippen LogP contribution is 2.14. The minimum Gasteiger partial charge on any atom is -0.295 e. The second-order valence-electron chi connectivity index (χ2n) is 4.86. The fourth-order valence-electron chi connectivity index (χ4n) is 2.20. The Labute approximate surface area is 118 Å². The van der Waals surface area contributed by atoms with E-state index in [2.05, 4.69) is 4.72 Å². The van der Waals surface area contributed by atoms with E-state index < -0.39 is 10.0 Å². The molecule has 110 valence electrons. The van der Waals surface area contributed by atoms with Gasteiger partial charge in [0.25, 0.3) is 0 Å². The van der Waals surface area contributed by atoms with Gasteiger partial charge < -0.3 is 0 Å². The number of hydrogen-bond acceptors (Lipinski definition) is 3. The summed E-state index contributed by atoms with van der Waals surface area (Å²) in [5.74, 6) is 0.124. The van der Waals surface area contributed by atoms with E-state index in [9.17, 15) is 13.2 Å². The number of benzene rings is 1. The van der Waals surface area contributed by atoms with Crippen molar-refractivity contribution >= 4 is 21.1 Å². The standard InChI is InChI=1S/C13H19N3O3S/c1-4-7-20(18,19)14-9-10-5-6-11-12(8-10)16(3)13(17)15(11)2/h5-6,8,14H,4,7,9H2,1-3H3.